The van der Waals surface area contributed by atoms with Gasteiger partial charge < -0.3 is 14.8 Å². The zero-order chi connectivity index (χ0) is 15.5. The third-order valence-electron chi connectivity index (χ3n) is 3.89. The van der Waals surface area contributed by atoms with Crippen LogP contribution in [0.3, 0.4) is 0 Å². The molecule has 0 heterocycles. The Bertz CT molecular complexity index is 665. The summed E-state index contributed by atoms with van der Waals surface area (Å²) in [6.07, 6.45) is 0.1000. The van der Waals surface area contributed by atoms with Crippen LogP contribution in [-0.2, 0) is 9.53 Å². The van der Waals surface area contributed by atoms with Crippen molar-refractivity contribution in [1.29, 1.82) is 0 Å². The van der Waals surface area contributed by atoms with Gasteiger partial charge in [-0.25, -0.2) is 4.79 Å². The summed E-state index contributed by atoms with van der Waals surface area (Å²) in [5, 5.41) is 2.47. The van der Waals surface area contributed by atoms with E-state index in [2.05, 4.69) is 29.6 Å². The molecule has 112 valence electrons. The molecule has 1 aliphatic rings. The SMILES string of the molecule is C[C@H](C=O)NC(=O)OCC1c2ccccc2-c2ccccc21. The molecule has 2 aromatic rings. The lowest BCUT2D eigenvalue weighted by Gasteiger charge is -2.15. The Labute approximate surface area is 129 Å². The van der Waals surface area contributed by atoms with E-state index >= 15 is 0 Å². The average Bonchev–Trinajstić information content (AvgIpc) is 2.87. The molecular formula is C18H17NO3. The van der Waals surface area contributed by atoms with E-state index in [0.29, 0.717) is 6.29 Å². The number of fused-ring (bicyclic) bond motifs is 3. The molecule has 1 aliphatic carbocycles. The number of aldehydes is 1. The Balaban J connectivity index is 1.79. The zero-order valence-electron chi connectivity index (χ0n) is 12.3. The largest absolute Gasteiger partial charge is 0.449 e. The van der Waals surface area contributed by atoms with Gasteiger partial charge >= 0.3 is 6.09 Å². The van der Waals surface area contributed by atoms with E-state index in [4.69, 9.17) is 4.74 Å². The minimum Gasteiger partial charge on any atom is -0.449 e. The summed E-state index contributed by atoms with van der Waals surface area (Å²) in [6, 6.07) is 15.8. The molecule has 1 atom stereocenters. The highest BCUT2D eigenvalue weighted by Gasteiger charge is 2.29. The molecule has 0 bridgehead atoms. The second-order valence-electron chi connectivity index (χ2n) is 5.39. The van der Waals surface area contributed by atoms with Crippen LogP contribution in [0.5, 0.6) is 0 Å². The number of amides is 1. The zero-order valence-corrected chi connectivity index (χ0v) is 12.3. The van der Waals surface area contributed by atoms with E-state index in [9.17, 15) is 9.59 Å². The van der Waals surface area contributed by atoms with Gasteiger partial charge in [0.2, 0.25) is 0 Å². The van der Waals surface area contributed by atoms with Crippen molar-refractivity contribution in [1.82, 2.24) is 5.32 Å². The smallest absolute Gasteiger partial charge is 0.407 e. The van der Waals surface area contributed by atoms with E-state index in [1.807, 2.05) is 24.3 Å². The van der Waals surface area contributed by atoms with Crippen LogP contribution in [0.1, 0.15) is 24.0 Å². The highest BCUT2D eigenvalue weighted by Crippen LogP contribution is 2.44. The highest BCUT2D eigenvalue weighted by atomic mass is 16.5. The fourth-order valence-electron chi connectivity index (χ4n) is 2.86. The Morgan fingerprint density at radius 3 is 2.23 bits per heavy atom. The van der Waals surface area contributed by atoms with Crippen LogP contribution in [0, 0.1) is 0 Å². The lowest BCUT2D eigenvalue weighted by molar-refractivity contribution is -0.109. The Morgan fingerprint density at radius 1 is 1.14 bits per heavy atom. The monoisotopic (exact) mass is 295 g/mol. The molecule has 3 rings (SSSR count). The number of ether oxygens (including phenoxy) is 1. The first-order valence-electron chi connectivity index (χ1n) is 7.27. The van der Waals surface area contributed by atoms with E-state index in [1.54, 1.807) is 6.92 Å². The summed E-state index contributed by atoms with van der Waals surface area (Å²) in [5.74, 6) is 0.0321. The molecule has 0 aliphatic heterocycles. The fourth-order valence-corrected chi connectivity index (χ4v) is 2.86. The molecule has 0 aromatic heterocycles. The molecule has 22 heavy (non-hydrogen) atoms. The summed E-state index contributed by atoms with van der Waals surface area (Å²) in [4.78, 5) is 22.3. The topological polar surface area (TPSA) is 55.4 Å². The van der Waals surface area contributed by atoms with Gasteiger partial charge in [-0.2, -0.15) is 0 Å². The minimum atomic E-state index is -0.568. The van der Waals surface area contributed by atoms with E-state index in [0.717, 1.165) is 0 Å². The number of hydrogen-bond acceptors (Lipinski definition) is 3. The van der Waals surface area contributed by atoms with Crippen LogP contribution < -0.4 is 5.32 Å². The Hall–Kier alpha value is -2.62. The molecule has 0 saturated carbocycles. The third-order valence-corrected chi connectivity index (χ3v) is 3.89. The first kappa shape index (κ1) is 14.3. The molecule has 0 unspecified atom stereocenters. The van der Waals surface area contributed by atoms with Crippen molar-refractivity contribution >= 4 is 12.4 Å². The maximum absolute atomic E-state index is 11.7. The van der Waals surface area contributed by atoms with Gasteiger partial charge in [0, 0.05) is 5.92 Å². The van der Waals surface area contributed by atoms with Crippen LogP contribution in [0.2, 0.25) is 0 Å². The first-order chi connectivity index (χ1) is 10.7. The van der Waals surface area contributed by atoms with Crippen molar-refractivity contribution < 1.29 is 14.3 Å². The average molecular weight is 295 g/mol. The number of nitrogens with one attached hydrogen (secondary N) is 1. The molecule has 4 heteroatoms. The normalized spacial score (nSPS) is 13.9. The van der Waals surface area contributed by atoms with Crippen LogP contribution >= 0.6 is 0 Å². The minimum absolute atomic E-state index is 0.0321. The molecule has 4 nitrogen and oxygen atoms in total. The van der Waals surface area contributed by atoms with Gasteiger partial charge in [-0.05, 0) is 29.2 Å². The number of carbonyl (C=O) groups is 2. The van der Waals surface area contributed by atoms with E-state index < -0.39 is 12.1 Å². The number of benzene rings is 2. The Morgan fingerprint density at radius 2 is 1.68 bits per heavy atom. The van der Waals surface area contributed by atoms with Crippen molar-refractivity contribution in [3.63, 3.8) is 0 Å². The molecule has 0 saturated heterocycles. The maximum Gasteiger partial charge on any atom is 0.407 e. The molecule has 1 N–H and O–H groups in total. The van der Waals surface area contributed by atoms with Crippen LogP contribution in [-0.4, -0.2) is 25.0 Å². The number of rotatable bonds is 4. The first-order valence-corrected chi connectivity index (χ1v) is 7.27. The van der Waals surface area contributed by atoms with Gasteiger partial charge in [0.25, 0.3) is 0 Å². The molecule has 0 fully saturated rings. The number of hydrogen-bond donors (Lipinski definition) is 1. The van der Waals surface area contributed by atoms with E-state index in [-0.39, 0.29) is 12.5 Å². The molecule has 0 radical (unpaired) electrons. The van der Waals surface area contributed by atoms with Gasteiger partial charge in [0.1, 0.15) is 12.9 Å². The second-order valence-corrected chi connectivity index (χ2v) is 5.39. The van der Waals surface area contributed by atoms with Crippen molar-refractivity contribution in [2.75, 3.05) is 6.61 Å². The second kappa shape index (κ2) is 6.02. The predicted octanol–water partition coefficient (Wildman–Crippen LogP) is 3.11. The highest BCUT2D eigenvalue weighted by molar-refractivity contribution is 5.79. The van der Waals surface area contributed by atoms with Gasteiger partial charge in [0.05, 0.1) is 6.04 Å². The third kappa shape index (κ3) is 2.60. The molecule has 0 spiro atoms. The van der Waals surface area contributed by atoms with Gasteiger partial charge in [-0.1, -0.05) is 48.5 Å². The lowest BCUT2D eigenvalue weighted by atomic mass is 9.98. The predicted molar refractivity (Wildman–Crippen MR) is 83.7 cm³/mol. The fraction of sp³-hybridized carbons (Fsp3) is 0.222. The standard InChI is InChI=1S/C18H17NO3/c1-12(10-20)19-18(21)22-11-17-15-8-4-2-6-13(15)14-7-3-5-9-16(14)17/h2-10,12,17H,11H2,1H3,(H,19,21)/t12-/m1/s1. The van der Waals surface area contributed by atoms with Crippen LogP contribution in [0.15, 0.2) is 48.5 Å². The molecule has 1 amide bonds. The maximum atomic E-state index is 11.7. The summed E-state index contributed by atoms with van der Waals surface area (Å²) in [7, 11) is 0. The quantitative estimate of drug-likeness (QED) is 0.882. The molecular weight excluding hydrogens is 278 g/mol. The van der Waals surface area contributed by atoms with Gasteiger partial charge in [-0.3, -0.25) is 0 Å². The molecule has 2 aromatic carbocycles. The Kier molecular flexibility index (Phi) is 3.92. The number of alkyl carbamates (subject to hydrolysis) is 1. The van der Waals surface area contributed by atoms with Gasteiger partial charge in [-0.15, -0.1) is 0 Å². The van der Waals surface area contributed by atoms with Crippen molar-refractivity contribution in [3.8, 4) is 11.1 Å². The van der Waals surface area contributed by atoms with Crippen molar-refractivity contribution in [3.05, 3.63) is 59.7 Å². The summed E-state index contributed by atoms with van der Waals surface area (Å²) in [6.45, 7) is 1.86. The van der Waals surface area contributed by atoms with Crippen molar-refractivity contribution in [2.24, 2.45) is 0 Å². The van der Waals surface area contributed by atoms with Crippen LogP contribution in [0.25, 0.3) is 11.1 Å². The van der Waals surface area contributed by atoms with Crippen LogP contribution in [0.4, 0.5) is 4.79 Å². The van der Waals surface area contributed by atoms with E-state index in [1.165, 1.54) is 22.3 Å². The summed E-state index contributed by atoms with van der Waals surface area (Å²) < 4.78 is 5.30. The summed E-state index contributed by atoms with van der Waals surface area (Å²) in [5.41, 5.74) is 4.71. The van der Waals surface area contributed by atoms with Crippen molar-refractivity contribution in [2.45, 2.75) is 18.9 Å². The summed E-state index contributed by atoms with van der Waals surface area (Å²) >= 11 is 0. The lowest BCUT2D eigenvalue weighted by Crippen LogP contribution is -2.34. The number of carbonyl (C=O) groups excluding carboxylic acids is 2. The van der Waals surface area contributed by atoms with Gasteiger partial charge in [0.15, 0.2) is 0 Å².